The molecule has 1 aliphatic heterocycles. The number of nitro groups is 1. The normalized spacial score (nSPS) is 15.2. The van der Waals surface area contributed by atoms with E-state index < -0.39 is 4.92 Å². The maximum atomic E-state index is 11.7. The number of anilines is 2. The maximum absolute atomic E-state index is 11.7. The minimum atomic E-state index is -0.544. The van der Waals surface area contributed by atoms with Crippen LogP contribution in [0, 0.1) is 32.8 Å². The van der Waals surface area contributed by atoms with Crippen LogP contribution in [0.4, 0.5) is 17.3 Å². The Bertz CT molecular complexity index is 686. The van der Waals surface area contributed by atoms with Crippen LogP contribution in [0.15, 0.2) is 6.33 Å². The Kier molecular flexibility index (Phi) is 6.03. The summed E-state index contributed by atoms with van der Waals surface area (Å²) in [6, 6.07) is 3.95. The van der Waals surface area contributed by atoms with Gasteiger partial charge < -0.3 is 14.7 Å². The first kappa shape index (κ1) is 18.4. The zero-order chi connectivity index (χ0) is 18.4. The average Bonchev–Trinajstić information content (AvgIpc) is 2.61. The van der Waals surface area contributed by atoms with Gasteiger partial charge in [-0.3, -0.25) is 10.1 Å². The first-order valence-corrected chi connectivity index (χ1v) is 7.89. The summed E-state index contributed by atoms with van der Waals surface area (Å²) in [6.45, 7) is 1.50. The molecular weight excluding hydrogens is 324 g/mol. The van der Waals surface area contributed by atoms with Gasteiger partial charge in [-0.2, -0.15) is 10.5 Å². The summed E-state index contributed by atoms with van der Waals surface area (Å²) in [5.74, 6) is 0.211. The van der Waals surface area contributed by atoms with Gasteiger partial charge in [0.05, 0.1) is 17.1 Å². The van der Waals surface area contributed by atoms with E-state index in [-0.39, 0.29) is 36.5 Å². The molecule has 1 fully saturated rings. The van der Waals surface area contributed by atoms with Crippen molar-refractivity contribution in [2.24, 2.45) is 0 Å². The molecule has 0 saturated carbocycles. The lowest BCUT2D eigenvalue weighted by Gasteiger charge is -2.35. The Labute approximate surface area is 146 Å². The summed E-state index contributed by atoms with van der Waals surface area (Å²) < 4.78 is 0. The third-order valence-corrected chi connectivity index (χ3v) is 4.36. The zero-order valence-electron chi connectivity index (χ0n) is 14.3. The molecule has 10 nitrogen and oxygen atoms in total. The van der Waals surface area contributed by atoms with Crippen molar-refractivity contribution in [1.82, 2.24) is 14.9 Å². The average molecular weight is 344 g/mol. The minimum absolute atomic E-state index is 0.00197. The first-order valence-electron chi connectivity index (χ1n) is 7.89. The number of rotatable bonds is 6. The highest BCUT2D eigenvalue weighted by atomic mass is 16.6. The molecule has 0 spiro atoms. The lowest BCUT2D eigenvalue weighted by atomic mass is 10.0. The molecule has 1 aromatic rings. The molecule has 0 radical (unpaired) electrons. The number of piperidine rings is 1. The third-order valence-electron chi connectivity index (χ3n) is 4.36. The largest absolute Gasteiger partial charge is 0.353 e. The molecule has 1 aromatic heterocycles. The fourth-order valence-electron chi connectivity index (χ4n) is 2.94. The lowest BCUT2D eigenvalue weighted by Crippen LogP contribution is -2.42. The second-order valence-corrected chi connectivity index (χ2v) is 5.94. The smallest absolute Gasteiger partial charge is 0.351 e. The van der Waals surface area contributed by atoms with Crippen molar-refractivity contribution in [2.45, 2.75) is 18.9 Å². The number of nitrogens with zero attached hydrogens (tertiary/aromatic N) is 8. The SMILES string of the molecule is CN1CCC(N(C)c2ncnc(N(CC#N)CC#N)c2[N+](=O)[O-])CC1. The molecule has 2 rings (SSSR count). The summed E-state index contributed by atoms with van der Waals surface area (Å²) in [7, 11) is 3.83. The lowest BCUT2D eigenvalue weighted by molar-refractivity contribution is -0.383. The van der Waals surface area contributed by atoms with Crippen LogP contribution in [0.25, 0.3) is 0 Å². The van der Waals surface area contributed by atoms with Gasteiger partial charge in [0.25, 0.3) is 0 Å². The van der Waals surface area contributed by atoms with Gasteiger partial charge in [0, 0.05) is 13.1 Å². The number of aromatic nitrogens is 2. The Morgan fingerprint density at radius 1 is 1.28 bits per heavy atom. The van der Waals surface area contributed by atoms with E-state index in [2.05, 4.69) is 14.9 Å². The van der Waals surface area contributed by atoms with E-state index in [4.69, 9.17) is 10.5 Å². The quantitative estimate of drug-likeness (QED) is 0.417. The summed E-state index contributed by atoms with van der Waals surface area (Å²) in [6.07, 6.45) is 3.00. The van der Waals surface area contributed by atoms with Gasteiger partial charge >= 0.3 is 5.69 Å². The van der Waals surface area contributed by atoms with E-state index in [1.54, 1.807) is 7.05 Å². The van der Waals surface area contributed by atoms with E-state index in [0.717, 1.165) is 25.9 Å². The monoisotopic (exact) mass is 344 g/mol. The van der Waals surface area contributed by atoms with E-state index in [1.165, 1.54) is 11.2 Å². The van der Waals surface area contributed by atoms with Gasteiger partial charge in [0.1, 0.15) is 19.4 Å². The van der Waals surface area contributed by atoms with Crippen molar-refractivity contribution in [1.29, 1.82) is 10.5 Å². The van der Waals surface area contributed by atoms with E-state index in [0.29, 0.717) is 0 Å². The van der Waals surface area contributed by atoms with Gasteiger partial charge in [-0.25, -0.2) is 9.97 Å². The number of hydrogen-bond donors (Lipinski definition) is 0. The van der Waals surface area contributed by atoms with Gasteiger partial charge in [-0.15, -0.1) is 0 Å². The second kappa shape index (κ2) is 8.22. The molecule has 0 unspecified atom stereocenters. The molecule has 0 bridgehead atoms. The molecule has 0 atom stereocenters. The second-order valence-electron chi connectivity index (χ2n) is 5.94. The van der Waals surface area contributed by atoms with Crippen molar-refractivity contribution < 1.29 is 4.92 Å². The fraction of sp³-hybridized carbons (Fsp3) is 0.600. The minimum Gasteiger partial charge on any atom is -0.351 e. The summed E-state index contributed by atoms with van der Waals surface area (Å²) in [5.41, 5.74) is -0.269. The van der Waals surface area contributed by atoms with Crippen LogP contribution in [-0.2, 0) is 0 Å². The summed E-state index contributed by atoms with van der Waals surface area (Å²) in [5, 5.41) is 29.6. The summed E-state index contributed by atoms with van der Waals surface area (Å²) >= 11 is 0. The molecule has 132 valence electrons. The van der Waals surface area contributed by atoms with Crippen LogP contribution in [-0.4, -0.2) is 66.1 Å². The number of hydrogen-bond acceptors (Lipinski definition) is 9. The molecule has 0 amide bonds. The van der Waals surface area contributed by atoms with E-state index in [9.17, 15) is 10.1 Å². The topological polar surface area (TPSA) is 126 Å². The van der Waals surface area contributed by atoms with Crippen LogP contribution >= 0.6 is 0 Å². The molecular formula is C15H20N8O2. The predicted molar refractivity (Wildman–Crippen MR) is 91.0 cm³/mol. The Hall–Kier alpha value is -2.98. The van der Waals surface area contributed by atoms with Crippen molar-refractivity contribution in [2.75, 3.05) is 50.1 Å². The molecule has 0 N–H and O–H groups in total. The Balaban J connectivity index is 2.41. The Morgan fingerprint density at radius 2 is 1.84 bits per heavy atom. The Morgan fingerprint density at radius 3 is 2.36 bits per heavy atom. The number of likely N-dealkylation sites (tertiary alicyclic amines) is 1. The van der Waals surface area contributed by atoms with Crippen molar-refractivity contribution >= 4 is 17.3 Å². The highest BCUT2D eigenvalue weighted by Crippen LogP contribution is 2.35. The molecule has 1 saturated heterocycles. The number of nitriles is 2. The van der Waals surface area contributed by atoms with Crippen LogP contribution in [0.5, 0.6) is 0 Å². The highest BCUT2D eigenvalue weighted by Gasteiger charge is 2.32. The predicted octanol–water partition coefficient (Wildman–Crippen LogP) is 0.769. The highest BCUT2D eigenvalue weighted by molar-refractivity contribution is 5.71. The van der Waals surface area contributed by atoms with Crippen molar-refractivity contribution in [3.63, 3.8) is 0 Å². The third kappa shape index (κ3) is 4.11. The van der Waals surface area contributed by atoms with Crippen LogP contribution < -0.4 is 9.80 Å². The van der Waals surface area contributed by atoms with Crippen LogP contribution in [0.2, 0.25) is 0 Å². The van der Waals surface area contributed by atoms with Gasteiger partial charge in [0.2, 0.25) is 11.6 Å². The van der Waals surface area contributed by atoms with Crippen molar-refractivity contribution in [3.8, 4) is 12.1 Å². The van der Waals surface area contributed by atoms with Gasteiger partial charge in [-0.05, 0) is 33.0 Å². The molecule has 1 aliphatic rings. The van der Waals surface area contributed by atoms with Crippen molar-refractivity contribution in [3.05, 3.63) is 16.4 Å². The van der Waals surface area contributed by atoms with Gasteiger partial charge in [0.15, 0.2) is 0 Å². The van der Waals surface area contributed by atoms with E-state index >= 15 is 0 Å². The molecule has 0 aliphatic carbocycles. The standard InChI is InChI=1S/C15H20N8O2/c1-20-7-3-12(4-8-20)21(2)14-13(23(24)25)15(19-11-18-14)22(9-5-16)10-6-17/h11-12H,3-4,7-10H2,1-2H3. The molecule has 10 heteroatoms. The molecule has 0 aromatic carbocycles. The van der Waals surface area contributed by atoms with Gasteiger partial charge in [-0.1, -0.05) is 0 Å². The maximum Gasteiger partial charge on any atom is 0.353 e. The molecule has 2 heterocycles. The summed E-state index contributed by atoms with van der Waals surface area (Å²) in [4.78, 5) is 24.6. The van der Waals surface area contributed by atoms with Crippen LogP contribution in [0.3, 0.4) is 0 Å². The first-order chi connectivity index (χ1) is 12.0. The molecule has 25 heavy (non-hydrogen) atoms. The van der Waals surface area contributed by atoms with E-state index in [1.807, 2.05) is 24.1 Å². The zero-order valence-corrected chi connectivity index (χ0v) is 14.3. The van der Waals surface area contributed by atoms with Crippen LogP contribution in [0.1, 0.15) is 12.8 Å². The fourth-order valence-corrected chi connectivity index (χ4v) is 2.94.